The van der Waals surface area contributed by atoms with Crippen LogP contribution in [0.4, 0.5) is 11.4 Å². The summed E-state index contributed by atoms with van der Waals surface area (Å²) in [7, 11) is 5.92. The SMILES string of the molecule is Cc1cc(NCC(c2cnn(C)c2)N(C)C)ccc1[N+](=O)[O-]. The van der Waals surface area contributed by atoms with Gasteiger partial charge in [-0.25, -0.2) is 0 Å². The second-order valence-corrected chi connectivity index (χ2v) is 5.57. The molecule has 7 heteroatoms. The summed E-state index contributed by atoms with van der Waals surface area (Å²) in [6.07, 6.45) is 3.85. The van der Waals surface area contributed by atoms with Crippen LogP contribution in [-0.2, 0) is 7.05 Å². The van der Waals surface area contributed by atoms with Crippen LogP contribution < -0.4 is 5.32 Å². The third kappa shape index (κ3) is 3.62. The number of anilines is 1. The van der Waals surface area contributed by atoms with Crippen molar-refractivity contribution in [1.82, 2.24) is 14.7 Å². The molecule has 1 heterocycles. The molecule has 118 valence electrons. The van der Waals surface area contributed by atoms with Crippen LogP contribution in [0.1, 0.15) is 17.2 Å². The van der Waals surface area contributed by atoms with Crippen LogP contribution in [0.2, 0.25) is 0 Å². The van der Waals surface area contributed by atoms with Crippen molar-refractivity contribution in [2.75, 3.05) is 26.0 Å². The molecular weight excluding hydrogens is 282 g/mol. The second kappa shape index (κ2) is 6.57. The van der Waals surface area contributed by atoms with E-state index in [0.29, 0.717) is 12.1 Å². The van der Waals surface area contributed by atoms with Crippen molar-refractivity contribution < 1.29 is 4.92 Å². The Hall–Kier alpha value is -2.41. The van der Waals surface area contributed by atoms with E-state index in [1.165, 1.54) is 6.07 Å². The first-order chi connectivity index (χ1) is 10.4. The van der Waals surface area contributed by atoms with Crippen molar-refractivity contribution in [3.8, 4) is 0 Å². The molecule has 0 aliphatic heterocycles. The lowest BCUT2D eigenvalue weighted by Crippen LogP contribution is -2.26. The van der Waals surface area contributed by atoms with Crippen LogP contribution in [0.15, 0.2) is 30.6 Å². The minimum absolute atomic E-state index is 0.141. The zero-order valence-electron chi connectivity index (χ0n) is 13.3. The molecule has 0 fully saturated rings. The van der Waals surface area contributed by atoms with Crippen LogP contribution in [0, 0.1) is 17.0 Å². The van der Waals surface area contributed by atoms with E-state index in [2.05, 4.69) is 15.3 Å². The molecule has 22 heavy (non-hydrogen) atoms. The molecule has 1 aromatic heterocycles. The molecule has 1 atom stereocenters. The van der Waals surface area contributed by atoms with Crippen molar-refractivity contribution in [3.63, 3.8) is 0 Å². The Bertz CT molecular complexity index is 666. The van der Waals surface area contributed by atoms with Gasteiger partial charge in [-0.05, 0) is 33.2 Å². The number of nitro benzene ring substituents is 1. The number of likely N-dealkylation sites (N-methyl/N-ethyl adjacent to an activating group) is 1. The standard InChI is InChI=1S/C15H21N5O2/c1-11-7-13(5-6-14(11)20(21)22)16-9-15(18(2)3)12-8-17-19(4)10-12/h5-8,10,15-16H,9H2,1-4H3. The highest BCUT2D eigenvalue weighted by Gasteiger charge is 2.16. The van der Waals surface area contributed by atoms with Crippen LogP contribution >= 0.6 is 0 Å². The van der Waals surface area contributed by atoms with Crippen molar-refractivity contribution in [2.24, 2.45) is 7.05 Å². The number of rotatable bonds is 6. The minimum Gasteiger partial charge on any atom is -0.383 e. The van der Waals surface area contributed by atoms with Crippen LogP contribution in [0.5, 0.6) is 0 Å². The third-order valence-corrected chi connectivity index (χ3v) is 3.63. The molecule has 1 unspecified atom stereocenters. The quantitative estimate of drug-likeness (QED) is 0.655. The predicted octanol–water partition coefficient (Wildman–Crippen LogP) is 2.35. The zero-order chi connectivity index (χ0) is 16.3. The van der Waals surface area contributed by atoms with E-state index in [1.54, 1.807) is 23.7 Å². The van der Waals surface area contributed by atoms with Gasteiger partial charge in [0.05, 0.1) is 17.2 Å². The van der Waals surface area contributed by atoms with Gasteiger partial charge in [-0.1, -0.05) is 0 Å². The first-order valence-electron chi connectivity index (χ1n) is 7.02. The first kappa shape index (κ1) is 16.0. The maximum Gasteiger partial charge on any atom is 0.272 e. The van der Waals surface area contributed by atoms with Crippen molar-refractivity contribution in [1.29, 1.82) is 0 Å². The summed E-state index contributed by atoms with van der Waals surface area (Å²) in [4.78, 5) is 12.6. The van der Waals surface area contributed by atoms with E-state index < -0.39 is 0 Å². The molecule has 0 saturated carbocycles. The monoisotopic (exact) mass is 303 g/mol. The van der Waals surface area contributed by atoms with Crippen molar-refractivity contribution in [3.05, 3.63) is 51.8 Å². The Morgan fingerprint density at radius 1 is 1.45 bits per heavy atom. The summed E-state index contributed by atoms with van der Waals surface area (Å²) in [6.45, 7) is 2.43. The largest absolute Gasteiger partial charge is 0.383 e. The van der Waals surface area contributed by atoms with E-state index in [4.69, 9.17) is 0 Å². The maximum atomic E-state index is 10.8. The fourth-order valence-electron chi connectivity index (χ4n) is 2.40. The van der Waals surface area contributed by atoms with Gasteiger partial charge in [0, 0.05) is 42.7 Å². The molecule has 0 aliphatic rings. The summed E-state index contributed by atoms with van der Waals surface area (Å²) >= 11 is 0. The number of nitro groups is 1. The normalized spacial score (nSPS) is 12.4. The smallest absolute Gasteiger partial charge is 0.272 e. The molecule has 0 spiro atoms. The summed E-state index contributed by atoms with van der Waals surface area (Å²) in [5, 5.41) is 18.4. The lowest BCUT2D eigenvalue weighted by Gasteiger charge is -2.24. The number of nitrogens with one attached hydrogen (secondary N) is 1. The molecule has 2 rings (SSSR count). The first-order valence-corrected chi connectivity index (χ1v) is 7.02. The summed E-state index contributed by atoms with van der Waals surface area (Å²) in [6, 6.07) is 5.24. The fraction of sp³-hybridized carbons (Fsp3) is 0.400. The highest BCUT2D eigenvalue weighted by molar-refractivity contribution is 5.53. The summed E-state index contributed by atoms with van der Waals surface area (Å²) < 4.78 is 1.78. The Kier molecular flexibility index (Phi) is 4.77. The van der Waals surface area contributed by atoms with Gasteiger partial charge < -0.3 is 10.2 Å². The van der Waals surface area contributed by atoms with Gasteiger partial charge in [0.1, 0.15) is 0 Å². The summed E-state index contributed by atoms with van der Waals surface area (Å²) in [5.41, 5.74) is 2.79. The maximum absolute atomic E-state index is 10.8. The molecule has 7 nitrogen and oxygen atoms in total. The molecular formula is C15H21N5O2. The van der Waals surface area contributed by atoms with Crippen molar-refractivity contribution in [2.45, 2.75) is 13.0 Å². The number of hydrogen-bond donors (Lipinski definition) is 1. The van der Waals surface area contributed by atoms with Gasteiger partial charge in [-0.15, -0.1) is 0 Å². The summed E-state index contributed by atoms with van der Waals surface area (Å²) in [5.74, 6) is 0. The number of aromatic nitrogens is 2. The number of nitrogens with zero attached hydrogens (tertiary/aromatic N) is 4. The molecule has 1 aromatic carbocycles. The van der Waals surface area contributed by atoms with E-state index in [0.717, 1.165) is 11.3 Å². The molecule has 0 radical (unpaired) electrons. The molecule has 0 aliphatic carbocycles. The lowest BCUT2D eigenvalue weighted by molar-refractivity contribution is -0.385. The van der Waals surface area contributed by atoms with Gasteiger partial charge in [-0.2, -0.15) is 5.10 Å². The Balaban J connectivity index is 2.10. The van der Waals surface area contributed by atoms with E-state index in [9.17, 15) is 10.1 Å². The van der Waals surface area contributed by atoms with Crippen LogP contribution in [0.25, 0.3) is 0 Å². The van der Waals surface area contributed by atoms with Gasteiger partial charge in [0.2, 0.25) is 0 Å². The van der Waals surface area contributed by atoms with Crippen molar-refractivity contribution >= 4 is 11.4 Å². The van der Waals surface area contributed by atoms with Gasteiger partial charge >= 0.3 is 0 Å². The van der Waals surface area contributed by atoms with Crippen LogP contribution in [0.3, 0.4) is 0 Å². The van der Waals surface area contributed by atoms with E-state index in [-0.39, 0.29) is 16.7 Å². The van der Waals surface area contributed by atoms with E-state index in [1.807, 2.05) is 33.5 Å². The topological polar surface area (TPSA) is 76.2 Å². The van der Waals surface area contributed by atoms with Gasteiger partial charge in [0.25, 0.3) is 5.69 Å². The van der Waals surface area contributed by atoms with Crippen LogP contribution in [-0.4, -0.2) is 40.2 Å². The Morgan fingerprint density at radius 2 is 2.18 bits per heavy atom. The predicted molar refractivity (Wildman–Crippen MR) is 86.0 cm³/mol. The molecule has 2 aromatic rings. The fourth-order valence-corrected chi connectivity index (χ4v) is 2.40. The van der Waals surface area contributed by atoms with E-state index >= 15 is 0 Å². The highest BCUT2D eigenvalue weighted by Crippen LogP contribution is 2.23. The molecule has 0 saturated heterocycles. The van der Waals surface area contributed by atoms with Gasteiger partial charge in [-0.3, -0.25) is 14.8 Å². The number of benzene rings is 1. The molecule has 1 N–H and O–H groups in total. The zero-order valence-corrected chi connectivity index (χ0v) is 13.3. The Labute approximate surface area is 129 Å². The minimum atomic E-state index is -0.364. The average Bonchev–Trinajstić information content (AvgIpc) is 2.84. The lowest BCUT2D eigenvalue weighted by atomic mass is 10.1. The molecule has 0 bridgehead atoms. The van der Waals surface area contributed by atoms with Gasteiger partial charge in [0.15, 0.2) is 0 Å². The second-order valence-electron chi connectivity index (χ2n) is 5.57. The number of aryl methyl sites for hydroxylation is 2. The third-order valence-electron chi connectivity index (χ3n) is 3.63. The average molecular weight is 303 g/mol. The number of hydrogen-bond acceptors (Lipinski definition) is 5. The molecule has 0 amide bonds. The highest BCUT2D eigenvalue weighted by atomic mass is 16.6. The Morgan fingerprint density at radius 3 is 2.68 bits per heavy atom.